The molecule has 0 saturated carbocycles. The van der Waals surface area contributed by atoms with Gasteiger partial charge in [-0.15, -0.1) is 5.10 Å². The van der Waals surface area contributed by atoms with Crippen LogP contribution in [0, 0.1) is 10.8 Å². The summed E-state index contributed by atoms with van der Waals surface area (Å²) in [6.45, 7) is 5.36. The van der Waals surface area contributed by atoms with E-state index in [1.165, 1.54) is 0 Å². The van der Waals surface area contributed by atoms with Crippen molar-refractivity contribution in [3.63, 3.8) is 0 Å². The molecule has 1 aliphatic rings. The number of nitrogens with zero attached hydrogens (tertiary/aromatic N) is 3. The molecule has 1 fully saturated rings. The molecule has 9 heteroatoms. The largest absolute Gasteiger partial charge is 0.409 e. The Morgan fingerprint density at radius 2 is 2.15 bits per heavy atom. The van der Waals surface area contributed by atoms with E-state index in [4.69, 9.17) is 28.2 Å². The Morgan fingerprint density at radius 3 is 2.77 bits per heavy atom. The van der Waals surface area contributed by atoms with Gasteiger partial charge in [-0.05, 0) is 36.7 Å². The van der Waals surface area contributed by atoms with Gasteiger partial charge in [0.15, 0.2) is 9.84 Å². The number of hydrogen-bond acceptors (Lipinski definition) is 6. The van der Waals surface area contributed by atoms with Crippen molar-refractivity contribution in [1.29, 1.82) is 0 Å². The number of hydrogen-bond donors (Lipinski definition) is 0. The van der Waals surface area contributed by atoms with Gasteiger partial charge in [0.25, 0.3) is 4.84 Å². The normalized spacial score (nSPS) is 19.5. The van der Waals surface area contributed by atoms with Gasteiger partial charge in [0.2, 0.25) is 5.89 Å². The van der Waals surface area contributed by atoms with E-state index in [1.54, 1.807) is 10.7 Å². The molecule has 2 heterocycles. The van der Waals surface area contributed by atoms with Crippen LogP contribution < -0.4 is 0 Å². The number of benzene rings is 1. The third-order valence-electron chi connectivity index (χ3n) is 4.35. The van der Waals surface area contributed by atoms with E-state index in [0.717, 1.165) is 6.54 Å². The number of sulfone groups is 1. The van der Waals surface area contributed by atoms with Crippen molar-refractivity contribution in [1.82, 2.24) is 14.7 Å². The molecule has 3 rings (SSSR count). The molecule has 0 bridgehead atoms. The van der Waals surface area contributed by atoms with Crippen molar-refractivity contribution in [3.05, 3.63) is 34.1 Å². The van der Waals surface area contributed by atoms with Gasteiger partial charge < -0.3 is 4.42 Å². The Hall–Kier alpha value is -1.22. The summed E-state index contributed by atoms with van der Waals surface area (Å²) in [7, 11) is -2.96. The van der Waals surface area contributed by atoms with Gasteiger partial charge in [-0.1, -0.05) is 37.6 Å². The maximum atomic E-state index is 11.9. The SMILES string of the molecule is CC(C)CN(Cn1nc(-c2ccccc2Cl)oc1=S)[C@H]1CCS(=O)(=O)C1. The Kier molecular flexibility index (Phi) is 5.86. The fraction of sp³-hybridized carbons (Fsp3) is 0.529. The molecule has 1 aliphatic heterocycles. The molecule has 1 atom stereocenters. The van der Waals surface area contributed by atoms with Crippen molar-refractivity contribution in [2.24, 2.45) is 5.92 Å². The third kappa shape index (κ3) is 4.54. The van der Waals surface area contributed by atoms with Crippen LogP contribution in [0.2, 0.25) is 5.02 Å². The second-order valence-corrected chi connectivity index (χ2v) is 10.0. The van der Waals surface area contributed by atoms with Crippen molar-refractivity contribution < 1.29 is 12.8 Å². The highest BCUT2D eigenvalue weighted by atomic mass is 35.5. The summed E-state index contributed by atoms with van der Waals surface area (Å²) in [5, 5.41) is 5.00. The number of aromatic nitrogens is 2. The van der Waals surface area contributed by atoms with Crippen LogP contribution in [0.15, 0.2) is 28.7 Å². The van der Waals surface area contributed by atoms with E-state index in [0.29, 0.717) is 35.5 Å². The second-order valence-electron chi connectivity index (χ2n) is 7.02. The van der Waals surface area contributed by atoms with E-state index in [1.807, 2.05) is 18.2 Å². The first-order valence-corrected chi connectivity index (χ1v) is 11.1. The van der Waals surface area contributed by atoms with E-state index < -0.39 is 9.84 Å². The fourth-order valence-electron chi connectivity index (χ4n) is 3.17. The average molecular weight is 416 g/mol. The highest BCUT2D eigenvalue weighted by molar-refractivity contribution is 7.91. The molecule has 1 aromatic carbocycles. The van der Waals surface area contributed by atoms with E-state index in [-0.39, 0.29) is 22.4 Å². The maximum Gasteiger partial charge on any atom is 0.288 e. The van der Waals surface area contributed by atoms with E-state index in [2.05, 4.69) is 23.8 Å². The Bertz CT molecular complexity index is 937. The smallest absolute Gasteiger partial charge is 0.288 e. The highest BCUT2D eigenvalue weighted by Gasteiger charge is 2.33. The Morgan fingerprint density at radius 1 is 1.42 bits per heavy atom. The van der Waals surface area contributed by atoms with Gasteiger partial charge in [-0.3, -0.25) is 4.90 Å². The molecule has 0 N–H and O–H groups in total. The molecule has 0 unspecified atom stereocenters. The summed E-state index contributed by atoms with van der Waals surface area (Å²) >= 11 is 11.5. The van der Waals surface area contributed by atoms with Crippen LogP contribution in [-0.2, 0) is 16.5 Å². The van der Waals surface area contributed by atoms with Crippen molar-refractivity contribution in [2.45, 2.75) is 33.0 Å². The number of halogens is 1. The summed E-state index contributed by atoms with van der Waals surface area (Å²) in [5.41, 5.74) is 0.679. The van der Waals surface area contributed by atoms with Gasteiger partial charge in [0.1, 0.15) is 0 Å². The summed E-state index contributed by atoms with van der Waals surface area (Å²) in [5.74, 6) is 1.18. The first-order chi connectivity index (χ1) is 12.2. The predicted molar refractivity (Wildman–Crippen MR) is 104 cm³/mol. The van der Waals surface area contributed by atoms with Crippen molar-refractivity contribution in [2.75, 3.05) is 18.1 Å². The lowest BCUT2D eigenvalue weighted by molar-refractivity contribution is 0.136. The molecule has 6 nitrogen and oxygen atoms in total. The van der Waals surface area contributed by atoms with Gasteiger partial charge >= 0.3 is 0 Å². The minimum absolute atomic E-state index is 0.0234. The standard InChI is InChI=1S/C17H22ClN3O3S2/c1-12(2)9-20(13-7-8-26(22,23)10-13)11-21-17(25)24-16(19-21)14-5-3-4-6-15(14)18/h3-6,12-13H,7-11H2,1-2H3/t13-/m0/s1. The zero-order chi connectivity index (χ0) is 18.9. The molecule has 0 aliphatic carbocycles. The fourth-order valence-corrected chi connectivity index (χ4v) is 5.32. The number of rotatable bonds is 6. The third-order valence-corrected chi connectivity index (χ3v) is 6.72. The van der Waals surface area contributed by atoms with Crippen LogP contribution in [-0.4, -0.2) is 47.2 Å². The average Bonchev–Trinajstić information content (AvgIpc) is 3.09. The van der Waals surface area contributed by atoms with Crippen LogP contribution >= 0.6 is 23.8 Å². The zero-order valence-electron chi connectivity index (χ0n) is 14.8. The van der Waals surface area contributed by atoms with Crippen LogP contribution in [0.4, 0.5) is 0 Å². The lowest BCUT2D eigenvalue weighted by Crippen LogP contribution is -2.40. The summed E-state index contributed by atoms with van der Waals surface area (Å²) in [4.78, 5) is 2.37. The van der Waals surface area contributed by atoms with Crippen molar-refractivity contribution in [3.8, 4) is 11.5 Å². The van der Waals surface area contributed by atoms with Crippen LogP contribution in [0.5, 0.6) is 0 Å². The summed E-state index contributed by atoms with van der Waals surface area (Å²) in [6, 6.07) is 7.26. The Labute approximate surface area is 163 Å². The molecule has 2 aromatic rings. The second kappa shape index (κ2) is 7.80. The van der Waals surface area contributed by atoms with Gasteiger partial charge in [-0.25, -0.2) is 13.1 Å². The quantitative estimate of drug-likeness (QED) is 0.671. The van der Waals surface area contributed by atoms with Gasteiger partial charge in [-0.2, -0.15) is 0 Å². The summed E-state index contributed by atoms with van der Waals surface area (Å²) < 4.78 is 31.0. The molecule has 1 saturated heterocycles. The van der Waals surface area contributed by atoms with E-state index >= 15 is 0 Å². The minimum atomic E-state index is -2.96. The molecule has 0 amide bonds. The topological polar surface area (TPSA) is 68.3 Å². The minimum Gasteiger partial charge on any atom is -0.409 e. The lowest BCUT2D eigenvalue weighted by atomic mass is 10.1. The molecule has 1 aromatic heterocycles. The molecule has 0 spiro atoms. The predicted octanol–water partition coefficient (Wildman–Crippen LogP) is 3.63. The molecule has 0 radical (unpaired) electrons. The summed E-state index contributed by atoms with van der Waals surface area (Å²) in [6.07, 6.45) is 0.637. The molecular weight excluding hydrogens is 394 g/mol. The molecular formula is C17H22ClN3O3S2. The first-order valence-electron chi connectivity index (χ1n) is 8.52. The molecule has 142 valence electrons. The maximum absolute atomic E-state index is 11.9. The lowest BCUT2D eigenvalue weighted by Gasteiger charge is -2.29. The zero-order valence-corrected chi connectivity index (χ0v) is 17.1. The highest BCUT2D eigenvalue weighted by Crippen LogP contribution is 2.27. The van der Waals surface area contributed by atoms with Crippen LogP contribution in [0.3, 0.4) is 0 Å². The van der Waals surface area contributed by atoms with Gasteiger partial charge in [0, 0.05) is 12.6 Å². The first kappa shape index (κ1) is 19.5. The molecule has 26 heavy (non-hydrogen) atoms. The Balaban J connectivity index is 1.85. The van der Waals surface area contributed by atoms with Crippen molar-refractivity contribution >= 4 is 33.7 Å². The van der Waals surface area contributed by atoms with E-state index in [9.17, 15) is 8.42 Å². The van der Waals surface area contributed by atoms with Crippen LogP contribution in [0.1, 0.15) is 20.3 Å². The monoisotopic (exact) mass is 415 g/mol. The van der Waals surface area contributed by atoms with Crippen LogP contribution in [0.25, 0.3) is 11.5 Å². The van der Waals surface area contributed by atoms with Gasteiger partial charge in [0.05, 0.1) is 28.8 Å².